The van der Waals surface area contributed by atoms with E-state index in [1.54, 1.807) is 0 Å². The van der Waals surface area contributed by atoms with Crippen molar-refractivity contribution in [3.8, 4) is 5.75 Å². The fraction of sp³-hybridized carbons (Fsp3) is 0.500. The summed E-state index contributed by atoms with van der Waals surface area (Å²) in [6.45, 7) is 4.33. The van der Waals surface area contributed by atoms with Crippen molar-refractivity contribution in [1.29, 1.82) is 0 Å². The van der Waals surface area contributed by atoms with Crippen molar-refractivity contribution < 1.29 is 9.53 Å². The Kier molecular flexibility index (Phi) is 5.18. The maximum absolute atomic E-state index is 11.2. The number of nitrogens with zero attached hydrogens (tertiary/aromatic N) is 1. The predicted molar refractivity (Wildman–Crippen MR) is 73.9 cm³/mol. The van der Waals surface area contributed by atoms with Crippen molar-refractivity contribution in [2.24, 2.45) is 5.73 Å². The van der Waals surface area contributed by atoms with Crippen LogP contribution >= 0.6 is 0 Å². The van der Waals surface area contributed by atoms with Crippen LogP contribution in [0.1, 0.15) is 12.0 Å². The maximum Gasteiger partial charge on any atom is 0.221 e. The summed E-state index contributed by atoms with van der Waals surface area (Å²) in [6.07, 6.45) is 0.569. The molecular weight excluding hydrogens is 242 g/mol. The molecule has 0 aliphatic carbocycles. The molecule has 0 bridgehead atoms. The molecule has 0 saturated carbocycles. The molecule has 2 rings (SSSR count). The van der Waals surface area contributed by atoms with Crippen molar-refractivity contribution >= 4 is 5.91 Å². The number of amides is 1. The van der Waals surface area contributed by atoms with Gasteiger partial charge >= 0.3 is 0 Å². The molecule has 19 heavy (non-hydrogen) atoms. The first-order valence-electron chi connectivity index (χ1n) is 6.69. The summed E-state index contributed by atoms with van der Waals surface area (Å²) in [5.74, 6) is 0.992. The van der Waals surface area contributed by atoms with E-state index in [0.29, 0.717) is 19.6 Å². The van der Waals surface area contributed by atoms with E-state index in [-0.39, 0.29) is 5.91 Å². The molecule has 1 heterocycles. The van der Waals surface area contributed by atoms with E-state index in [1.165, 1.54) is 0 Å². The van der Waals surface area contributed by atoms with E-state index in [4.69, 9.17) is 10.5 Å². The van der Waals surface area contributed by atoms with Gasteiger partial charge < -0.3 is 15.8 Å². The lowest BCUT2D eigenvalue weighted by Crippen LogP contribution is -2.32. The molecule has 0 radical (unpaired) electrons. The highest BCUT2D eigenvalue weighted by Gasteiger charge is 2.13. The monoisotopic (exact) mass is 263 g/mol. The van der Waals surface area contributed by atoms with E-state index in [9.17, 15) is 4.79 Å². The first-order chi connectivity index (χ1) is 9.29. The number of ether oxygens (including phenoxy) is 1. The second-order valence-corrected chi connectivity index (χ2v) is 4.60. The van der Waals surface area contributed by atoms with Crippen molar-refractivity contribution in [2.45, 2.75) is 13.0 Å². The van der Waals surface area contributed by atoms with Crippen LogP contribution in [0.15, 0.2) is 24.3 Å². The topological polar surface area (TPSA) is 67.6 Å². The van der Waals surface area contributed by atoms with Crippen LogP contribution in [0, 0.1) is 0 Å². The van der Waals surface area contributed by atoms with E-state index in [1.807, 2.05) is 24.3 Å². The largest absolute Gasteiger partial charge is 0.492 e. The zero-order chi connectivity index (χ0) is 13.5. The van der Waals surface area contributed by atoms with Crippen LogP contribution in [0.3, 0.4) is 0 Å². The van der Waals surface area contributed by atoms with Crippen LogP contribution in [-0.2, 0) is 11.3 Å². The molecule has 3 N–H and O–H groups in total. The van der Waals surface area contributed by atoms with Gasteiger partial charge in [0, 0.05) is 44.7 Å². The summed E-state index contributed by atoms with van der Waals surface area (Å²) in [6, 6.07) is 7.82. The van der Waals surface area contributed by atoms with Crippen molar-refractivity contribution in [3.05, 3.63) is 29.8 Å². The molecular formula is C14H21N3O2. The van der Waals surface area contributed by atoms with Crippen molar-refractivity contribution in [3.63, 3.8) is 0 Å². The van der Waals surface area contributed by atoms with E-state index in [2.05, 4.69) is 10.2 Å². The molecule has 1 aromatic rings. The molecule has 1 aliphatic rings. The molecule has 5 heteroatoms. The first kappa shape index (κ1) is 13.8. The zero-order valence-corrected chi connectivity index (χ0v) is 11.1. The number of hydrogen-bond donors (Lipinski definition) is 2. The molecule has 0 unspecified atom stereocenters. The Morgan fingerprint density at radius 1 is 1.32 bits per heavy atom. The summed E-state index contributed by atoms with van der Waals surface area (Å²) in [5.41, 5.74) is 6.69. The first-order valence-corrected chi connectivity index (χ1v) is 6.69. The minimum atomic E-state index is 0.136. The second-order valence-electron chi connectivity index (χ2n) is 4.60. The van der Waals surface area contributed by atoms with Crippen molar-refractivity contribution in [2.75, 3.05) is 32.8 Å². The SMILES string of the molecule is NCc1ccccc1OCCN1CCNC(=O)CC1. The Morgan fingerprint density at radius 2 is 2.16 bits per heavy atom. The normalized spacial score (nSPS) is 16.8. The summed E-state index contributed by atoms with van der Waals surface area (Å²) in [4.78, 5) is 13.5. The summed E-state index contributed by atoms with van der Waals surface area (Å²) in [5, 5.41) is 2.86. The minimum absolute atomic E-state index is 0.136. The third kappa shape index (κ3) is 4.22. The molecule has 0 aromatic heterocycles. The number of carbonyl (C=O) groups excluding carboxylic acids is 1. The van der Waals surface area contributed by atoms with Gasteiger partial charge in [-0.05, 0) is 6.07 Å². The highest BCUT2D eigenvalue weighted by Crippen LogP contribution is 2.16. The van der Waals surface area contributed by atoms with Crippen LogP contribution in [0.25, 0.3) is 0 Å². The molecule has 5 nitrogen and oxygen atoms in total. The second kappa shape index (κ2) is 7.11. The number of nitrogens with one attached hydrogen (secondary N) is 1. The van der Waals surface area contributed by atoms with Crippen LogP contribution in [0.4, 0.5) is 0 Å². The number of hydrogen-bond acceptors (Lipinski definition) is 4. The minimum Gasteiger partial charge on any atom is -0.492 e. The van der Waals surface area contributed by atoms with Crippen LogP contribution in [0.5, 0.6) is 5.75 Å². The van der Waals surface area contributed by atoms with Gasteiger partial charge in [0.2, 0.25) is 5.91 Å². The van der Waals surface area contributed by atoms with Gasteiger partial charge in [-0.25, -0.2) is 0 Å². The Balaban J connectivity index is 1.78. The Labute approximate surface area is 113 Å². The lowest BCUT2D eigenvalue weighted by atomic mass is 10.2. The highest BCUT2D eigenvalue weighted by molar-refractivity contribution is 5.76. The van der Waals surface area contributed by atoms with Crippen LogP contribution < -0.4 is 15.8 Å². The van der Waals surface area contributed by atoms with E-state index in [0.717, 1.165) is 37.5 Å². The van der Waals surface area contributed by atoms with Crippen LogP contribution in [0.2, 0.25) is 0 Å². The third-order valence-corrected chi connectivity index (χ3v) is 3.26. The predicted octanol–water partition coefficient (Wildman–Crippen LogP) is 0.346. The average Bonchev–Trinajstić information content (AvgIpc) is 2.64. The molecule has 104 valence electrons. The van der Waals surface area contributed by atoms with Gasteiger partial charge in [0.15, 0.2) is 0 Å². The molecule has 1 fully saturated rings. The smallest absolute Gasteiger partial charge is 0.221 e. The third-order valence-electron chi connectivity index (χ3n) is 3.26. The van der Waals surface area contributed by atoms with Gasteiger partial charge in [-0.2, -0.15) is 0 Å². The van der Waals surface area contributed by atoms with Crippen LogP contribution in [-0.4, -0.2) is 43.6 Å². The Hall–Kier alpha value is -1.59. The lowest BCUT2D eigenvalue weighted by molar-refractivity contribution is -0.120. The summed E-state index contributed by atoms with van der Waals surface area (Å²) < 4.78 is 5.77. The van der Waals surface area contributed by atoms with Gasteiger partial charge in [-0.15, -0.1) is 0 Å². The number of carbonyl (C=O) groups is 1. The van der Waals surface area contributed by atoms with Gasteiger partial charge in [0.1, 0.15) is 12.4 Å². The molecule has 1 aromatic carbocycles. The fourth-order valence-corrected chi connectivity index (χ4v) is 2.13. The van der Waals surface area contributed by atoms with Gasteiger partial charge in [0.05, 0.1) is 0 Å². The molecule has 1 aliphatic heterocycles. The maximum atomic E-state index is 11.2. The fourth-order valence-electron chi connectivity index (χ4n) is 2.13. The quantitative estimate of drug-likeness (QED) is 0.804. The number of rotatable bonds is 5. The summed E-state index contributed by atoms with van der Waals surface area (Å²) in [7, 11) is 0. The van der Waals surface area contributed by atoms with Gasteiger partial charge in [-0.3, -0.25) is 9.69 Å². The number of para-hydroxylation sites is 1. The molecule has 1 saturated heterocycles. The molecule has 0 atom stereocenters. The Bertz CT molecular complexity index is 423. The van der Waals surface area contributed by atoms with Gasteiger partial charge in [-0.1, -0.05) is 18.2 Å². The lowest BCUT2D eigenvalue weighted by Gasteiger charge is -2.19. The highest BCUT2D eigenvalue weighted by atomic mass is 16.5. The molecule has 1 amide bonds. The standard InChI is InChI=1S/C14H21N3O2/c15-11-12-3-1-2-4-13(12)19-10-9-17-7-5-14(18)16-6-8-17/h1-4H,5-11,15H2,(H,16,18). The van der Waals surface area contributed by atoms with E-state index < -0.39 is 0 Å². The Morgan fingerprint density at radius 3 is 3.00 bits per heavy atom. The van der Waals surface area contributed by atoms with E-state index >= 15 is 0 Å². The zero-order valence-electron chi connectivity index (χ0n) is 11.1. The van der Waals surface area contributed by atoms with Gasteiger partial charge in [0.25, 0.3) is 0 Å². The summed E-state index contributed by atoms with van der Waals surface area (Å²) >= 11 is 0. The average molecular weight is 263 g/mol. The molecule has 0 spiro atoms. The number of nitrogens with two attached hydrogens (primary N) is 1. The number of benzene rings is 1. The van der Waals surface area contributed by atoms with Crippen molar-refractivity contribution in [1.82, 2.24) is 10.2 Å².